The maximum atomic E-state index is 13.0. The van der Waals surface area contributed by atoms with Gasteiger partial charge in [0.15, 0.2) is 5.11 Å². The molecule has 1 amide bonds. The number of anilines is 1. The fourth-order valence-corrected chi connectivity index (χ4v) is 3.75. The van der Waals surface area contributed by atoms with Crippen molar-refractivity contribution in [3.8, 4) is 0 Å². The van der Waals surface area contributed by atoms with Crippen LogP contribution in [0.3, 0.4) is 0 Å². The van der Waals surface area contributed by atoms with Gasteiger partial charge < -0.3 is 16.0 Å². The van der Waals surface area contributed by atoms with Crippen molar-refractivity contribution in [1.82, 2.24) is 10.6 Å². The molecule has 1 unspecified atom stereocenters. The second-order valence-electron chi connectivity index (χ2n) is 5.70. The molecular weight excluding hydrogens is 457 g/mol. The third kappa shape index (κ3) is 4.20. The van der Waals surface area contributed by atoms with Crippen molar-refractivity contribution in [2.24, 2.45) is 0 Å². The highest BCUT2D eigenvalue weighted by Gasteiger charge is 2.31. The molecule has 0 spiro atoms. The maximum Gasteiger partial charge on any atom is 0.255 e. The van der Waals surface area contributed by atoms with Crippen molar-refractivity contribution < 1.29 is 4.79 Å². The molecule has 1 atom stereocenters. The lowest BCUT2D eigenvalue weighted by atomic mass is 9.95. The number of carbonyl (C=O) groups excluding carboxylic acids is 1. The summed E-state index contributed by atoms with van der Waals surface area (Å²) in [6.45, 7) is 1.81. The standard InChI is InChI=1S/C18H14BrCl2N3OS/c1-9-15(17(25)23-12-5-2-10(19)3-6-12)16(24-18(26)22-9)13-7-4-11(20)8-14(13)21/h2-8,16H,1H3,(H,23,25)(H2,22,24,26). The van der Waals surface area contributed by atoms with Crippen LogP contribution in [0.1, 0.15) is 18.5 Å². The van der Waals surface area contributed by atoms with E-state index in [4.69, 9.17) is 35.4 Å². The summed E-state index contributed by atoms with van der Waals surface area (Å²) in [6.07, 6.45) is 0. The average Bonchev–Trinajstić information content (AvgIpc) is 2.56. The summed E-state index contributed by atoms with van der Waals surface area (Å²) in [6, 6.07) is 12.0. The van der Waals surface area contributed by atoms with Gasteiger partial charge in [0.1, 0.15) is 0 Å². The summed E-state index contributed by atoms with van der Waals surface area (Å²) >= 11 is 21.0. The summed E-state index contributed by atoms with van der Waals surface area (Å²) in [4.78, 5) is 13.0. The fraction of sp³-hybridized carbons (Fsp3) is 0.111. The van der Waals surface area contributed by atoms with Crippen molar-refractivity contribution in [3.63, 3.8) is 0 Å². The number of amides is 1. The van der Waals surface area contributed by atoms with Crippen LogP contribution in [0.2, 0.25) is 10.0 Å². The van der Waals surface area contributed by atoms with Gasteiger partial charge in [0.25, 0.3) is 5.91 Å². The SMILES string of the molecule is CC1=C(C(=O)Nc2ccc(Br)cc2)C(c2ccc(Cl)cc2Cl)NC(=S)N1. The summed E-state index contributed by atoms with van der Waals surface area (Å²) < 4.78 is 0.933. The van der Waals surface area contributed by atoms with E-state index in [1.54, 1.807) is 25.1 Å². The summed E-state index contributed by atoms with van der Waals surface area (Å²) in [5.41, 5.74) is 2.58. The number of nitrogens with one attached hydrogen (secondary N) is 3. The predicted molar refractivity (Wildman–Crippen MR) is 114 cm³/mol. The molecule has 4 nitrogen and oxygen atoms in total. The molecule has 134 valence electrons. The lowest BCUT2D eigenvalue weighted by Gasteiger charge is -2.31. The minimum Gasteiger partial charge on any atom is -0.351 e. The normalized spacial score (nSPS) is 16.8. The molecular formula is C18H14BrCl2N3OS. The van der Waals surface area contributed by atoms with Crippen LogP contribution >= 0.6 is 51.3 Å². The van der Waals surface area contributed by atoms with E-state index in [9.17, 15) is 4.79 Å². The first-order valence-electron chi connectivity index (χ1n) is 7.65. The zero-order valence-electron chi connectivity index (χ0n) is 13.6. The Hall–Kier alpha value is -1.60. The highest BCUT2D eigenvalue weighted by Crippen LogP contribution is 2.33. The molecule has 0 radical (unpaired) electrons. The Balaban J connectivity index is 1.97. The van der Waals surface area contributed by atoms with Gasteiger partial charge in [-0.15, -0.1) is 0 Å². The zero-order valence-corrected chi connectivity index (χ0v) is 17.5. The molecule has 2 aromatic rings. The molecule has 1 heterocycles. The first-order chi connectivity index (χ1) is 12.3. The number of hydrogen-bond acceptors (Lipinski definition) is 2. The number of allylic oxidation sites excluding steroid dienone is 1. The van der Waals surface area contributed by atoms with Crippen LogP contribution < -0.4 is 16.0 Å². The lowest BCUT2D eigenvalue weighted by molar-refractivity contribution is -0.113. The molecule has 3 rings (SSSR count). The first kappa shape index (κ1) is 19.2. The van der Waals surface area contributed by atoms with Gasteiger partial charge >= 0.3 is 0 Å². The second-order valence-corrected chi connectivity index (χ2v) is 7.86. The molecule has 8 heteroatoms. The third-order valence-electron chi connectivity index (χ3n) is 3.89. The number of halogens is 3. The molecule has 2 aromatic carbocycles. The predicted octanol–water partition coefficient (Wildman–Crippen LogP) is 5.19. The van der Waals surface area contributed by atoms with E-state index in [2.05, 4.69) is 31.9 Å². The molecule has 0 saturated heterocycles. The Bertz CT molecular complexity index is 915. The number of thiocarbonyl (C=S) groups is 1. The van der Waals surface area contributed by atoms with Gasteiger partial charge in [-0.05, 0) is 61.1 Å². The van der Waals surface area contributed by atoms with E-state index in [0.29, 0.717) is 32.1 Å². The van der Waals surface area contributed by atoms with Gasteiger partial charge in [0, 0.05) is 25.9 Å². The van der Waals surface area contributed by atoms with E-state index < -0.39 is 6.04 Å². The van der Waals surface area contributed by atoms with Crippen molar-refractivity contribution in [1.29, 1.82) is 0 Å². The lowest BCUT2D eigenvalue weighted by Crippen LogP contribution is -2.45. The van der Waals surface area contributed by atoms with Crippen LogP contribution in [0.15, 0.2) is 58.2 Å². The van der Waals surface area contributed by atoms with Gasteiger partial charge in [-0.25, -0.2) is 0 Å². The zero-order chi connectivity index (χ0) is 18.8. The minimum absolute atomic E-state index is 0.247. The number of carbonyl (C=O) groups is 1. The summed E-state index contributed by atoms with van der Waals surface area (Å²) in [5, 5.41) is 10.4. The molecule has 3 N–H and O–H groups in total. The van der Waals surface area contributed by atoms with Gasteiger partial charge in [-0.2, -0.15) is 0 Å². The summed E-state index contributed by atoms with van der Waals surface area (Å²) in [7, 11) is 0. The summed E-state index contributed by atoms with van der Waals surface area (Å²) in [5.74, 6) is -0.247. The van der Waals surface area contributed by atoms with Gasteiger partial charge in [-0.3, -0.25) is 4.79 Å². The smallest absolute Gasteiger partial charge is 0.255 e. The third-order valence-corrected chi connectivity index (χ3v) is 5.20. The topological polar surface area (TPSA) is 53.2 Å². The number of hydrogen-bond donors (Lipinski definition) is 3. The monoisotopic (exact) mass is 469 g/mol. The molecule has 0 aliphatic carbocycles. The quantitative estimate of drug-likeness (QED) is 0.540. The van der Waals surface area contributed by atoms with E-state index in [-0.39, 0.29) is 5.91 Å². The molecule has 0 bridgehead atoms. The van der Waals surface area contributed by atoms with E-state index >= 15 is 0 Å². The van der Waals surface area contributed by atoms with Crippen molar-refractivity contribution in [2.75, 3.05) is 5.32 Å². The molecule has 0 aromatic heterocycles. The van der Waals surface area contributed by atoms with Crippen LogP contribution in [-0.2, 0) is 4.79 Å². The van der Waals surface area contributed by atoms with Crippen molar-refractivity contribution in [3.05, 3.63) is 73.8 Å². The van der Waals surface area contributed by atoms with Crippen molar-refractivity contribution >= 4 is 68.1 Å². The van der Waals surface area contributed by atoms with E-state index in [1.807, 2.05) is 24.3 Å². The number of benzene rings is 2. The van der Waals surface area contributed by atoms with Crippen LogP contribution in [0.25, 0.3) is 0 Å². The first-order valence-corrected chi connectivity index (χ1v) is 9.61. The van der Waals surface area contributed by atoms with Crippen LogP contribution in [0, 0.1) is 0 Å². The van der Waals surface area contributed by atoms with Gasteiger partial charge in [-0.1, -0.05) is 45.2 Å². The van der Waals surface area contributed by atoms with E-state index in [0.717, 1.165) is 10.0 Å². The molecule has 0 saturated carbocycles. The van der Waals surface area contributed by atoms with Crippen LogP contribution in [0.5, 0.6) is 0 Å². The van der Waals surface area contributed by atoms with Crippen molar-refractivity contribution in [2.45, 2.75) is 13.0 Å². The molecule has 1 aliphatic rings. The molecule has 1 aliphatic heterocycles. The van der Waals surface area contributed by atoms with Gasteiger partial charge in [0.2, 0.25) is 0 Å². The number of rotatable bonds is 3. The maximum absolute atomic E-state index is 13.0. The minimum atomic E-state index is -0.482. The second kappa shape index (κ2) is 7.96. The highest BCUT2D eigenvalue weighted by molar-refractivity contribution is 9.10. The largest absolute Gasteiger partial charge is 0.351 e. The van der Waals surface area contributed by atoms with Crippen LogP contribution in [0.4, 0.5) is 5.69 Å². The Morgan fingerprint density at radius 2 is 1.88 bits per heavy atom. The van der Waals surface area contributed by atoms with Crippen LogP contribution in [-0.4, -0.2) is 11.0 Å². The average molecular weight is 471 g/mol. The van der Waals surface area contributed by atoms with Gasteiger partial charge in [0.05, 0.1) is 11.6 Å². The highest BCUT2D eigenvalue weighted by atomic mass is 79.9. The Labute approximate surface area is 175 Å². The molecule has 0 fully saturated rings. The Morgan fingerprint density at radius 3 is 2.54 bits per heavy atom. The van der Waals surface area contributed by atoms with E-state index in [1.165, 1.54) is 0 Å². The Kier molecular flexibility index (Phi) is 5.87. The molecule has 26 heavy (non-hydrogen) atoms. The fourth-order valence-electron chi connectivity index (χ4n) is 2.70. The Morgan fingerprint density at radius 1 is 1.19 bits per heavy atom.